The van der Waals surface area contributed by atoms with E-state index in [0.29, 0.717) is 43.3 Å². The number of sulfonamides is 1. The number of hydrogen-bond acceptors (Lipinski definition) is 6. The monoisotopic (exact) mass is 477 g/mol. The van der Waals surface area contributed by atoms with Crippen molar-refractivity contribution in [2.24, 2.45) is 0 Å². The highest BCUT2D eigenvalue weighted by Gasteiger charge is 2.25. The third kappa shape index (κ3) is 5.62. The Kier molecular flexibility index (Phi) is 8.16. The Morgan fingerprint density at radius 3 is 2.50 bits per heavy atom. The largest absolute Gasteiger partial charge is 0.378 e. The molecule has 2 aromatic rings. The molecule has 3 rings (SSSR count). The normalized spacial score (nSPS) is 14.1. The van der Waals surface area contributed by atoms with Crippen LogP contribution in [0.3, 0.4) is 0 Å². The Hall–Kier alpha value is -2.56. The number of hydrogen-bond donors (Lipinski definition) is 2. The van der Waals surface area contributed by atoms with Crippen LogP contribution in [-0.2, 0) is 14.8 Å². The summed E-state index contributed by atoms with van der Waals surface area (Å²) in [6, 6.07) is 10.9. The van der Waals surface area contributed by atoms with Crippen molar-refractivity contribution in [2.75, 3.05) is 43.8 Å². The third-order valence-corrected chi connectivity index (χ3v) is 7.12. The van der Waals surface area contributed by atoms with Crippen LogP contribution in [0.2, 0.25) is 0 Å². The number of ether oxygens (including phenoxy) is 1. The summed E-state index contributed by atoms with van der Waals surface area (Å²) in [7, 11) is -4.04. The van der Waals surface area contributed by atoms with Gasteiger partial charge in [0.1, 0.15) is 0 Å². The summed E-state index contributed by atoms with van der Waals surface area (Å²) in [5, 5.41) is 2.75. The second kappa shape index (κ2) is 10.8. The van der Waals surface area contributed by atoms with Gasteiger partial charge in [-0.25, -0.2) is 8.42 Å². The zero-order valence-corrected chi connectivity index (χ0v) is 19.7. The van der Waals surface area contributed by atoms with E-state index in [1.165, 1.54) is 30.0 Å². The van der Waals surface area contributed by atoms with Crippen LogP contribution in [0, 0.1) is 0 Å². The predicted molar refractivity (Wildman–Crippen MR) is 125 cm³/mol. The fourth-order valence-corrected chi connectivity index (χ4v) is 4.94. The number of carbonyl (C=O) groups is 2. The van der Waals surface area contributed by atoms with E-state index in [9.17, 15) is 18.0 Å². The molecule has 8 nitrogen and oxygen atoms in total. The lowest BCUT2D eigenvalue weighted by atomic mass is 10.1. The van der Waals surface area contributed by atoms with Gasteiger partial charge in [-0.3, -0.25) is 14.3 Å². The lowest BCUT2D eigenvalue weighted by molar-refractivity contribution is 0.0300. The number of anilines is 1. The van der Waals surface area contributed by atoms with E-state index in [1.54, 1.807) is 29.2 Å². The number of thioether (sulfide) groups is 1. The quantitative estimate of drug-likeness (QED) is 0.567. The fourth-order valence-electron chi connectivity index (χ4n) is 3.27. The molecule has 0 bridgehead atoms. The molecule has 1 fully saturated rings. The van der Waals surface area contributed by atoms with Crippen LogP contribution in [0.4, 0.5) is 5.69 Å². The minimum atomic E-state index is -4.04. The van der Waals surface area contributed by atoms with Gasteiger partial charge in [-0.05, 0) is 43.0 Å². The SMILES string of the molecule is CCCNC(=O)c1ccccc1NS(=O)(=O)c1ccc(SC)c(C(=O)N2CCOCC2)c1. The standard InChI is InChI=1S/C22H27N3O5S2/c1-3-10-23-21(26)17-6-4-5-7-19(17)24-32(28,29)16-8-9-20(31-2)18(15-16)22(27)25-11-13-30-14-12-25/h4-9,15,24H,3,10-14H2,1-2H3,(H,23,26). The third-order valence-electron chi connectivity index (χ3n) is 4.96. The first-order valence-corrected chi connectivity index (χ1v) is 13.0. The van der Waals surface area contributed by atoms with Crippen molar-refractivity contribution >= 4 is 39.3 Å². The van der Waals surface area contributed by atoms with Crippen molar-refractivity contribution in [2.45, 2.75) is 23.1 Å². The Bertz CT molecular complexity index is 1080. The lowest BCUT2D eigenvalue weighted by Gasteiger charge is -2.27. The number of morpholine rings is 1. The van der Waals surface area contributed by atoms with Crippen LogP contribution in [0.1, 0.15) is 34.1 Å². The van der Waals surface area contributed by atoms with E-state index in [0.717, 1.165) is 6.42 Å². The van der Waals surface area contributed by atoms with E-state index in [-0.39, 0.29) is 28.0 Å². The van der Waals surface area contributed by atoms with Gasteiger partial charge in [0.2, 0.25) is 0 Å². The zero-order valence-electron chi connectivity index (χ0n) is 18.1. The number of amides is 2. The maximum absolute atomic E-state index is 13.1. The Balaban J connectivity index is 1.91. The smallest absolute Gasteiger partial charge is 0.261 e. The maximum atomic E-state index is 13.1. The summed E-state index contributed by atoms with van der Waals surface area (Å²) >= 11 is 1.38. The second-order valence-corrected chi connectivity index (χ2v) is 9.70. The molecule has 0 atom stereocenters. The molecular formula is C22H27N3O5S2. The van der Waals surface area contributed by atoms with Crippen LogP contribution in [0.15, 0.2) is 52.3 Å². The van der Waals surface area contributed by atoms with Crippen molar-refractivity contribution in [1.82, 2.24) is 10.2 Å². The first-order chi connectivity index (χ1) is 15.4. The summed E-state index contributed by atoms with van der Waals surface area (Å²) in [5.41, 5.74) is 0.738. The molecule has 10 heteroatoms. The molecule has 1 aliphatic heterocycles. The zero-order chi connectivity index (χ0) is 23.1. The molecule has 0 saturated carbocycles. The van der Waals surface area contributed by atoms with E-state index < -0.39 is 10.0 Å². The molecule has 2 aromatic carbocycles. The Morgan fingerprint density at radius 1 is 1.09 bits per heavy atom. The molecular weight excluding hydrogens is 450 g/mol. The first-order valence-electron chi connectivity index (χ1n) is 10.3. The number of benzene rings is 2. The fraction of sp³-hybridized carbons (Fsp3) is 0.364. The van der Waals surface area contributed by atoms with Crippen molar-refractivity contribution in [3.05, 3.63) is 53.6 Å². The molecule has 1 aliphatic rings. The average Bonchev–Trinajstić information content (AvgIpc) is 2.82. The van der Waals surface area contributed by atoms with Gasteiger partial charge in [-0.2, -0.15) is 0 Å². The highest BCUT2D eigenvalue weighted by atomic mass is 32.2. The summed E-state index contributed by atoms with van der Waals surface area (Å²) in [5.74, 6) is -0.583. The molecule has 1 saturated heterocycles. The number of carbonyl (C=O) groups excluding carboxylic acids is 2. The van der Waals surface area contributed by atoms with Gasteiger partial charge in [0.25, 0.3) is 21.8 Å². The molecule has 2 amide bonds. The van der Waals surface area contributed by atoms with Gasteiger partial charge in [0, 0.05) is 24.5 Å². The topological polar surface area (TPSA) is 105 Å². The first kappa shape index (κ1) is 24.1. The predicted octanol–water partition coefficient (Wildman–Crippen LogP) is 2.82. The average molecular weight is 478 g/mol. The number of nitrogens with one attached hydrogen (secondary N) is 2. The molecule has 0 spiro atoms. The molecule has 0 unspecified atom stereocenters. The highest BCUT2D eigenvalue weighted by molar-refractivity contribution is 7.98. The van der Waals surface area contributed by atoms with Gasteiger partial charge >= 0.3 is 0 Å². The van der Waals surface area contributed by atoms with Crippen molar-refractivity contribution in [1.29, 1.82) is 0 Å². The van der Waals surface area contributed by atoms with E-state index in [2.05, 4.69) is 10.0 Å². The van der Waals surface area contributed by atoms with Crippen molar-refractivity contribution in [3.8, 4) is 0 Å². The van der Waals surface area contributed by atoms with Crippen LogP contribution in [0.5, 0.6) is 0 Å². The Morgan fingerprint density at radius 2 is 1.81 bits per heavy atom. The van der Waals surface area contributed by atoms with Gasteiger partial charge in [0.05, 0.1) is 34.9 Å². The lowest BCUT2D eigenvalue weighted by Crippen LogP contribution is -2.41. The van der Waals surface area contributed by atoms with Gasteiger partial charge in [-0.1, -0.05) is 19.1 Å². The van der Waals surface area contributed by atoms with E-state index in [1.807, 2.05) is 13.2 Å². The highest BCUT2D eigenvalue weighted by Crippen LogP contribution is 2.27. The van der Waals surface area contributed by atoms with Crippen LogP contribution >= 0.6 is 11.8 Å². The summed E-state index contributed by atoms with van der Waals surface area (Å²) in [6.07, 6.45) is 2.60. The van der Waals surface area contributed by atoms with Crippen molar-refractivity contribution in [3.63, 3.8) is 0 Å². The molecule has 172 valence electrons. The molecule has 0 radical (unpaired) electrons. The maximum Gasteiger partial charge on any atom is 0.261 e. The van der Waals surface area contributed by atoms with E-state index in [4.69, 9.17) is 4.74 Å². The molecule has 0 aliphatic carbocycles. The summed E-state index contributed by atoms with van der Waals surface area (Å²) in [4.78, 5) is 27.8. The summed E-state index contributed by atoms with van der Waals surface area (Å²) in [6.45, 7) is 4.25. The Labute approximate surface area is 192 Å². The van der Waals surface area contributed by atoms with E-state index >= 15 is 0 Å². The van der Waals surface area contributed by atoms with Gasteiger partial charge < -0.3 is 15.0 Å². The molecule has 1 heterocycles. The minimum Gasteiger partial charge on any atom is -0.378 e. The second-order valence-electron chi connectivity index (χ2n) is 7.17. The number of rotatable bonds is 8. The van der Waals surface area contributed by atoms with Gasteiger partial charge in [0.15, 0.2) is 0 Å². The number of para-hydroxylation sites is 1. The van der Waals surface area contributed by atoms with Crippen molar-refractivity contribution < 1.29 is 22.7 Å². The molecule has 0 aromatic heterocycles. The minimum absolute atomic E-state index is 0.0457. The summed E-state index contributed by atoms with van der Waals surface area (Å²) < 4.78 is 34.1. The van der Waals surface area contributed by atoms with Gasteiger partial charge in [-0.15, -0.1) is 11.8 Å². The molecule has 32 heavy (non-hydrogen) atoms. The molecule has 2 N–H and O–H groups in total. The van der Waals surface area contributed by atoms with Crippen LogP contribution < -0.4 is 10.0 Å². The number of nitrogens with zero attached hydrogens (tertiary/aromatic N) is 1. The van der Waals surface area contributed by atoms with Crippen LogP contribution in [-0.4, -0.2) is 64.2 Å². The van der Waals surface area contributed by atoms with Crippen LogP contribution in [0.25, 0.3) is 0 Å².